The molecule has 0 saturated carbocycles. The molecular formula is C30H34N6O6. The van der Waals surface area contributed by atoms with Gasteiger partial charge in [0.15, 0.2) is 11.6 Å². The summed E-state index contributed by atoms with van der Waals surface area (Å²) in [7, 11) is 0. The van der Waals surface area contributed by atoms with Crippen molar-refractivity contribution in [2.24, 2.45) is 11.8 Å². The van der Waals surface area contributed by atoms with Crippen molar-refractivity contribution in [2.75, 3.05) is 49.9 Å². The van der Waals surface area contributed by atoms with Gasteiger partial charge >= 0.3 is 0 Å². The second-order valence-corrected chi connectivity index (χ2v) is 10.8. The molecule has 42 heavy (non-hydrogen) atoms. The Hall–Kier alpha value is -4.42. The summed E-state index contributed by atoms with van der Waals surface area (Å²) in [6, 6.07) is 8.90. The lowest BCUT2D eigenvalue weighted by molar-refractivity contribution is -0.128. The second-order valence-electron chi connectivity index (χ2n) is 10.8. The molecule has 2 fully saturated rings. The number of carbonyl (C=O) groups is 6. The summed E-state index contributed by atoms with van der Waals surface area (Å²) in [6.45, 7) is 2.66. The molecule has 2 aliphatic heterocycles. The van der Waals surface area contributed by atoms with Gasteiger partial charge in [0.05, 0.1) is 13.1 Å². The van der Waals surface area contributed by atoms with Gasteiger partial charge in [0, 0.05) is 45.5 Å². The molecule has 2 saturated heterocycles. The number of benzene rings is 2. The normalized spacial score (nSPS) is 17.0. The van der Waals surface area contributed by atoms with Crippen LogP contribution in [0, 0.1) is 11.8 Å². The number of hydrogen-bond acceptors (Lipinski definition) is 8. The van der Waals surface area contributed by atoms with Crippen LogP contribution >= 0.6 is 0 Å². The molecule has 0 spiro atoms. The van der Waals surface area contributed by atoms with Gasteiger partial charge in [-0.1, -0.05) is 0 Å². The number of amides is 4. The highest BCUT2D eigenvalue weighted by Gasteiger charge is 2.30. The predicted molar refractivity (Wildman–Crippen MR) is 154 cm³/mol. The SMILES string of the molecule is O=C(CNC(=O)C1CCNCC1)Nc1ccc2c(c1)C(=O)c1ccc(NC(=O)CNC(=O)C3CCNCC3)cc1C2=O. The van der Waals surface area contributed by atoms with Crippen LogP contribution in [0.5, 0.6) is 0 Å². The fraction of sp³-hybridized carbons (Fsp3) is 0.400. The van der Waals surface area contributed by atoms with E-state index < -0.39 is 11.8 Å². The maximum absolute atomic E-state index is 13.3. The van der Waals surface area contributed by atoms with Crippen LogP contribution in [0.15, 0.2) is 36.4 Å². The van der Waals surface area contributed by atoms with Gasteiger partial charge in [-0.15, -0.1) is 0 Å². The monoisotopic (exact) mass is 574 g/mol. The summed E-state index contributed by atoms with van der Waals surface area (Å²) in [5.41, 5.74) is 1.33. The Morgan fingerprint density at radius 2 is 0.976 bits per heavy atom. The second kappa shape index (κ2) is 13.0. The minimum Gasteiger partial charge on any atom is -0.347 e. The first-order valence-corrected chi connectivity index (χ1v) is 14.2. The first kappa shape index (κ1) is 29.1. The Balaban J connectivity index is 1.18. The Labute approximate surface area is 242 Å². The van der Waals surface area contributed by atoms with Crippen molar-refractivity contribution in [3.63, 3.8) is 0 Å². The molecule has 2 heterocycles. The Bertz CT molecular complexity index is 1320. The van der Waals surface area contributed by atoms with Crippen molar-refractivity contribution in [1.29, 1.82) is 0 Å². The first-order valence-electron chi connectivity index (χ1n) is 14.2. The average molecular weight is 575 g/mol. The smallest absolute Gasteiger partial charge is 0.243 e. The molecule has 0 bridgehead atoms. The number of anilines is 2. The van der Waals surface area contributed by atoms with Gasteiger partial charge in [0.2, 0.25) is 23.6 Å². The molecule has 0 unspecified atom stereocenters. The zero-order chi connectivity index (χ0) is 29.6. The first-order chi connectivity index (χ1) is 20.3. The average Bonchev–Trinajstić information content (AvgIpc) is 3.02. The molecule has 4 amide bonds. The number of rotatable bonds is 8. The van der Waals surface area contributed by atoms with Crippen LogP contribution in [-0.4, -0.2) is 74.5 Å². The molecule has 6 N–H and O–H groups in total. The third kappa shape index (κ3) is 6.72. The summed E-state index contributed by atoms with van der Waals surface area (Å²) in [6.07, 6.45) is 2.89. The van der Waals surface area contributed by atoms with Crippen LogP contribution in [0.3, 0.4) is 0 Å². The van der Waals surface area contributed by atoms with Crippen LogP contribution in [0.1, 0.15) is 57.5 Å². The van der Waals surface area contributed by atoms with E-state index in [0.29, 0.717) is 11.4 Å². The minimum absolute atomic E-state index is 0.120. The van der Waals surface area contributed by atoms with Gasteiger partial charge in [-0.2, -0.15) is 0 Å². The number of carbonyl (C=O) groups excluding carboxylic acids is 6. The number of ketones is 2. The van der Waals surface area contributed by atoms with Crippen molar-refractivity contribution in [3.05, 3.63) is 58.7 Å². The van der Waals surface area contributed by atoms with Crippen molar-refractivity contribution in [2.45, 2.75) is 25.7 Å². The van der Waals surface area contributed by atoms with E-state index >= 15 is 0 Å². The molecule has 2 aromatic carbocycles. The number of nitrogens with one attached hydrogen (secondary N) is 6. The Morgan fingerprint density at radius 3 is 1.36 bits per heavy atom. The predicted octanol–water partition coefficient (Wildman–Crippen LogP) is 0.571. The zero-order valence-corrected chi connectivity index (χ0v) is 23.1. The van der Waals surface area contributed by atoms with Gasteiger partial charge < -0.3 is 31.9 Å². The topological polar surface area (TPSA) is 175 Å². The third-order valence-electron chi connectivity index (χ3n) is 7.85. The van der Waals surface area contributed by atoms with E-state index in [2.05, 4.69) is 31.9 Å². The molecule has 0 atom stereocenters. The molecule has 2 aromatic rings. The van der Waals surface area contributed by atoms with Gasteiger partial charge in [0.25, 0.3) is 0 Å². The van der Waals surface area contributed by atoms with Gasteiger partial charge in [-0.05, 0) is 88.3 Å². The summed E-state index contributed by atoms with van der Waals surface area (Å²) in [4.78, 5) is 76.1. The van der Waals surface area contributed by atoms with Crippen LogP contribution in [0.25, 0.3) is 0 Å². The molecule has 12 nitrogen and oxygen atoms in total. The maximum atomic E-state index is 13.3. The van der Waals surface area contributed by atoms with Crippen LogP contribution in [0.4, 0.5) is 11.4 Å². The molecule has 0 aromatic heterocycles. The highest BCUT2D eigenvalue weighted by Crippen LogP contribution is 2.31. The van der Waals surface area contributed by atoms with Crippen molar-refractivity contribution in [1.82, 2.24) is 21.3 Å². The summed E-state index contributed by atoms with van der Waals surface area (Å²) in [5.74, 6) is -2.22. The maximum Gasteiger partial charge on any atom is 0.243 e. The van der Waals surface area contributed by atoms with E-state index in [4.69, 9.17) is 0 Å². The van der Waals surface area contributed by atoms with E-state index in [1.165, 1.54) is 36.4 Å². The van der Waals surface area contributed by atoms with Crippen molar-refractivity contribution >= 4 is 46.6 Å². The number of fused-ring (bicyclic) bond motifs is 2. The Kier molecular flexibility index (Phi) is 9.03. The number of piperidine rings is 2. The van der Waals surface area contributed by atoms with E-state index in [1.54, 1.807) is 0 Å². The summed E-state index contributed by atoms with van der Waals surface area (Å²) in [5, 5.41) is 17.0. The van der Waals surface area contributed by atoms with Crippen LogP contribution < -0.4 is 31.9 Å². The van der Waals surface area contributed by atoms with E-state index in [9.17, 15) is 28.8 Å². The molecule has 12 heteroatoms. The minimum atomic E-state index is -0.445. The van der Waals surface area contributed by atoms with Gasteiger partial charge in [-0.3, -0.25) is 28.8 Å². The lowest BCUT2D eigenvalue weighted by Gasteiger charge is -2.22. The fourth-order valence-electron chi connectivity index (χ4n) is 5.51. The van der Waals surface area contributed by atoms with Crippen molar-refractivity contribution in [3.8, 4) is 0 Å². The quantitative estimate of drug-likeness (QED) is 0.226. The van der Waals surface area contributed by atoms with Crippen LogP contribution in [0.2, 0.25) is 0 Å². The molecular weight excluding hydrogens is 540 g/mol. The molecule has 220 valence electrons. The van der Waals surface area contributed by atoms with E-state index in [0.717, 1.165) is 51.9 Å². The summed E-state index contributed by atoms with van der Waals surface area (Å²) >= 11 is 0. The van der Waals surface area contributed by atoms with Gasteiger partial charge in [0.1, 0.15) is 0 Å². The van der Waals surface area contributed by atoms with Gasteiger partial charge in [-0.25, -0.2) is 0 Å². The van der Waals surface area contributed by atoms with E-state index in [1.807, 2.05) is 0 Å². The molecule has 3 aliphatic rings. The lowest BCUT2D eigenvalue weighted by Crippen LogP contribution is -2.41. The molecule has 1 aliphatic carbocycles. The lowest BCUT2D eigenvalue weighted by atomic mass is 9.83. The fourth-order valence-corrected chi connectivity index (χ4v) is 5.51. The zero-order valence-electron chi connectivity index (χ0n) is 23.1. The van der Waals surface area contributed by atoms with E-state index in [-0.39, 0.29) is 70.6 Å². The van der Waals surface area contributed by atoms with Crippen LogP contribution in [-0.2, 0) is 19.2 Å². The third-order valence-corrected chi connectivity index (χ3v) is 7.85. The largest absolute Gasteiger partial charge is 0.347 e. The number of hydrogen-bond donors (Lipinski definition) is 6. The summed E-state index contributed by atoms with van der Waals surface area (Å²) < 4.78 is 0. The Morgan fingerprint density at radius 1 is 0.595 bits per heavy atom. The highest BCUT2D eigenvalue weighted by molar-refractivity contribution is 6.29. The van der Waals surface area contributed by atoms with Crippen molar-refractivity contribution < 1.29 is 28.8 Å². The molecule has 5 rings (SSSR count). The molecule has 0 radical (unpaired) electrons. The highest BCUT2D eigenvalue weighted by atomic mass is 16.2. The standard InChI is InChI=1S/C30H34N6O6/c37-25(15-33-29(41)17-5-9-31-10-6-17)35-19-1-3-21-23(13-19)28(40)22-4-2-20(14-24(22)27(21)39)36-26(38)16-34-30(42)18-7-11-32-12-8-18/h1-4,13-14,17-18,31-32H,5-12,15-16H2,(H,33,41)(H,34,42)(H,35,37)(H,36,38).